The topological polar surface area (TPSA) is 94.4 Å². The van der Waals surface area contributed by atoms with Crippen molar-refractivity contribution in [2.24, 2.45) is 0 Å². The summed E-state index contributed by atoms with van der Waals surface area (Å²) in [6.07, 6.45) is 0. The SMILES string of the molecule is CC(C)c1cc(Br)ccc1OCC(=O)Nc1nc(-c2cccc([N+](=O)[O-])c2)cs1. The summed E-state index contributed by atoms with van der Waals surface area (Å²) in [5.74, 6) is 0.583. The average Bonchev–Trinajstić information content (AvgIpc) is 3.15. The van der Waals surface area contributed by atoms with Crippen LogP contribution in [0.2, 0.25) is 0 Å². The van der Waals surface area contributed by atoms with Crippen molar-refractivity contribution in [1.82, 2.24) is 4.98 Å². The Morgan fingerprint density at radius 2 is 2.10 bits per heavy atom. The third kappa shape index (κ3) is 5.39. The molecule has 2 aromatic carbocycles. The number of nitrogens with zero attached hydrogens (tertiary/aromatic N) is 2. The number of carbonyl (C=O) groups excluding carboxylic acids is 1. The fourth-order valence-corrected chi connectivity index (χ4v) is 3.76. The van der Waals surface area contributed by atoms with E-state index in [0.717, 1.165) is 10.0 Å². The number of carbonyl (C=O) groups is 1. The second-order valence-electron chi connectivity index (χ2n) is 6.52. The highest BCUT2D eigenvalue weighted by Gasteiger charge is 2.13. The summed E-state index contributed by atoms with van der Waals surface area (Å²) < 4.78 is 6.64. The summed E-state index contributed by atoms with van der Waals surface area (Å²) in [6.45, 7) is 3.96. The molecular weight excluding hydrogens is 458 g/mol. The van der Waals surface area contributed by atoms with E-state index < -0.39 is 4.92 Å². The van der Waals surface area contributed by atoms with E-state index in [9.17, 15) is 14.9 Å². The van der Waals surface area contributed by atoms with Crippen LogP contribution in [0.25, 0.3) is 11.3 Å². The number of aromatic nitrogens is 1. The van der Waals surface area contributed by atoms with Gasteiger partial charge in [-0.05, 0) is 29.7 Å². The monoisotopic (exact) mass is 475 g/mol. The molecule has 0 atom stereocenters. The van der Waals surface area contributed by atoms with Gasteiger partial charge in [-0.25, -0.2) is 4.98 Å². The fourth-order valence-electron chi connectivity index (χ4n) is 2.64. The second-order valence-corrected chi connectivity index (χ2v) is 8.29. The molecule has 3 aromatic rings. The first kappa shape index (κ1) is 20.9. The van der Waals surface area contributed by atoms with Crippen molar-refractivity contribution in [3.8, 4) is 17.0 Å². The Balaban J connectivity index is 1.64. The Morgan fingerprint density at radius 3 is 2.83 bits per heavy atom. The van der Waals surface area contributed by atoms with Gasteiger partial charge in [0.15, 0.2) is 11.7 Å². The number of benzene rings is 2. The van der Waals surface area contributed by atoms with Crippen LogP contribution in [0.1, 0.15) is 25.3 Å². The molecule has 1 N–H and O–H groups in total. The van der Waals surface area contributed by atoms with Crippen molar-refractivity contribution in [3.05, 3.63) is 68.0 Å². The Kier molecular flexibility index (Phi) is 6.60. The van der Waals surface area contributed by atoms with E-state index in [2.05, 4.69) is 40.1 Å². The summed E-state index contributed by atoms with van der Waals surface area (Å²) in [6, 6.07) is 11.9. The van der Waals surface area contributed by atoms with Crippen LogP contribution < -0.4 is 10.1 Å². The lowest BCUT2D eigenvalue weighted by Crippen LogP contribution is -2.20. The minimum absolute atomic E-state index is 0.00931. The molecule has 29 heavy (non-hydrogen) atoms. The number of non-ortho nitro benzene ring substituents is 1. The number of nitrogens with one attached hydrogen (secondary N) is 1. The molecular formula is C20H18BrN3O4S. The van der Waals surface area contributed by atoms with Gasteiger partial charge in [-0.2, -0.15) is 0 Å². The summed E-state index contributed by atoms with van der Waals surface area (Å²) in [7, 11) is 0. The Hall–Kier alpha value is -2.78. The van der Waals surface area contributed by atoms with Crippen LogP contribution in [0, 0.1) is 10.1 Å². The molecule has 0 spiro atoms. The van der Waals surface area contributed by atoms with Gasteiger partial charge in [0.05, 0.1) is 10.6 Å². The Morgan fingerprint density at radius 1 is 1.31 bits per heavy atom. The Bertz CT molecular complexity index is 1050. The quantitative estimate of drug-likeness (QED) is 0.353. The lowest BCUT2D eigenvalue weighted by molar-refractivity contribution is -0.384. The van der Waals surface area contributed by atoms with Gasteiger partial charge in [-0.3, -0.25) is 20.2 Å². The highest BCUT2D eigenvalue weighted by molar-refractivity contribution is 9.10. The predicted octanol–water partition coefficient (Wildman–Crippen LogP) is 5.62. The number of nitro benzene ring substituents is 1. The zero-order valence-corrected chi connectivity index (χ0v) is 18.1. The van der Waals surface area contributed by atoms with Crippen LogP contribution in [0.15, 0.2) is 52.3 Å². The fraction of sp³-hybridized carbons (Fsp3) is 0.200. The molecule has 1 heterocycles. The van der Waals surface area contributed by atoms with E-state index in [0.29, 0.717) is 22.1 Å². The van der Waals surface area contributed by atoms with Crippen molar-refractivity contribution >= 4 is 44.0 Å². The third-order valence-corrected chi connectivity index (χ3v) is 5.31. The van der Waals surface area contributed by atoms with Crippen LogP contribution in [0.3, 0.4) is 0 Å². The van der Waals surface area contributed by atoms with Crippen molar-refractivity contribution in [1.29, 1.82) is 0 Å². The minimum atomic E-state index is -0.455. The predicted molar refractivity (Wildman–Crippen MR) is 117 cm³/mol. The molecule has 3 rings (SSSR count). The molecule has 1 aromatic heterocycles. The smallest absolute Gasteiger partial charge is 0.270 e. The van der Waals surface area contributed by atoms with Gasteiger partial charge in [0.1, 0.15) is 5.75 Å². The van der Waals surface area contributed by atoms with E-state index in [1.807, 2.05) is 18.2 Å². The average molecular weight is 476 g/mol. The molecule has 1 amide bonds. The van der Waals surface area contributed by atoms with Crippen molar-refractivity contribution in [2.45, 2.75) is 19.8 Å². The molecule has 9 heteroatoms. The van der Waals surface area contributed by atoms with Gasteiger partial charge in [-0.15, -0.1) is 11.3 Å². The molecule has 0 saturated carbocycles. The second kappa shape index (κ2) is 9.15. The number of hydrogen-bond acceptors (Lipinski definition) is 6. The summed E-state index contributed by atoms with van der Waals surface area (Å²) in [4.78, 5) is 27.1. The molecule has 0 bridgehead atoms. The van der Waals surface area contributed by atoms with Gasteiger partial charge in [0.2, 0.25) is 0 Å². The molecule has 7 nitrogen and oxygen atoms in total. The molecule has 0 aliphatic rings. The molecule has 0 aliphatic heterocycles. The highest BCUT2D eigenvalue weighted by atomic mass is 79.9. The highest BCUT2D eigenvalue weighted by Crippen LogP contribution is 2.30. The number of rotatable bonds is 7. The van der Waals surface area contributed by atoms with Crippen LogP contribution >= 0.6 is 27.3 Å². The van der Waals surface area contributed by atoms with Gasteiger partial charge in [-0.1, -0.05) is 41.9 Å². The van der Waals surface area contributed by atoms with Crippen LogP contribution in [0.4, 0.5) is 10.8 Å². The van der Waals surface area contributed by atoms with Crippen molar-refractivity contribution < 1.29 is 14.5 Å². The number of amides is 1. The largest absolute Gasteiger partial charge is 0.483 e. The number of thiazole rings is 1. The van der Waals surface area contributed by atoms with E-state index in [1.165, 1.54) is 23.5 Å². The van der Waals surface area contributed by atoms with Gasteiger partial charge >= 0.3 is 0 Å². The molecule has 0 radical (unpaired) electrons. The first-order valence-corrected chi connectivity index (χ1v) is 10.4. The normalized spacial score (nSPS) is 10.8. The van der Waals surface area contributed by atoms with Gasteiger partial charge in [0, 0.05) is 27.5 Å². The number of nitro groups is 1. The lowest BCUT2D eigenvalue weighted by Gasteiger charge is -2.14. The van der Waals surface area contributed by atoms with Crippen molar-refractivity contribution in [2.75, 3.05) is 11.9 Å². The molecule has 0 aliphatic carbocycles. The third-order valence-electron chi connectivity index (χ3n) is 4.06. The maximum absolute atomic E-state index is 12.3. The van der Waals surface area contributed by atoms with E-state index in [4.69, 9.17) is 4.74 Å². The Labute approximate surface area is 180 Å². The standard InChI is InChI=1S/C20H18BrN3O4S/c1-12(2)16-9-14(21)6-7-18(16)28-10-19(25)23-20-22-17(11-29-20)13-4-3-5-15(8-13)24(26)27/h3-9,11-12H,10H2,1-2H3,(H,22,23,25). The number of halogens is 1. The molecule has 150 valence electrons. The van der Waals surface area contributed by atoms with Gasteiger partial charge in [0.25, 0.3) is 11.6 Å². The van der Waals surface area contributed by atoms with Crippen LogP contribution in [-0.2, 0) is 4.79 Å². The minimum Gasteiger partial charge on any atom is -0.483 e. The molecule has 0 unspecified atom stereocenters. The lowest BCUT2D eigenvalue weighted by atomic mass is 10.0. The van der Waals surface area contributed by atoms with Crippen LogP contribution in [-0.4, -0.2) is 22.4 Å². The summed E-state index contributed by atoms with van der Waals surface area (Å²) in [5.41, 5.74) is 2.17. The van der Waals surface area contributed by atoms with Gasteiger partial charge < -0.3 is 4.74 Å². The summed E-state index contributed by atoms with van der Waals surface area (Å²) in [5, 5.41) is 15.8. The maximum atomic E-state index is 12.3. The maximum Gasteiger partial charge on any atom is 0.270 e. The number of anilines is 1. The first-order valence-electron chi connectivity index (χ1n) is 8.76. The van der Waals surface area contributed by atoms with E-state index in [1.54, 1.807) is 17.5 Å². The van der Waals surface area contributed by atoms with Crippen LogP contribution in [0.5, 0.6) is 5.75 Å². The first-order chi connectivity index (χ1) is 13.8. The summed E-state index contributed by atoms with van der Waals surface area (Å²) >= 11 is 4.69. The van der Waals surface area contributed by atoms with E-state index >= 15 is 0 Å². The number of ether oxygens (including phenoxy) is 1. The zero-order chi connectivity index (χ0) is 21.0. The van der Waals surface area contributed by atoms with E-state index in [-0.39, 0.29) is 24.1 Å². The zero-order valence-electron chi connectivity index (χ0n) is 15.7. The molecule has 0 saturated heterocycles. The molecule has 0 fully saturated rings. The van der Waals surface area contributed by atoms with Crippen molar-refractivity contribution in [3.63, 3.8) is 0 Å². The number of hydrogen-bond donors (Lipinski definition) is 1.